The van der Waals surface area contributed by atoms with Gasteiger partial charge in [0, 0.05) is 20.8 Å². The van der Waals surface area contributed by atoms with Crippen molar-refractivity contribution in [3.8, 4) is 11.4 Å². The number of hydrogen-bond donors (Lipinski definition) is 1. The molecule has 21 heavy (non-hydrogen) atoms. The van der Waals surface area contributed by atoms with E-state index in [4.69, 9.17) is 9.47 Å². The first-order valence-electron chi connectivity index (χ1n) is 6.75. The van der Waals surface area contributed by atoms with E-state index in [0.717, 1.165) is 13.0 Å². The quantitative estimate of drug-likeness (QED) is 0.874. The third kappa shape index (κ3) is 2.50. The van der Waals surface area contributed by atoms with Crippen LogP contribution in [0.3, 0.4) is 0 Å². The van der Waals surface area contributed by atoms with Gasteiger partial charge in [0.25, 0.3) is 0 Å². The van der Waals surface area contributed by atoms with Crippen LogP contribution in [0.5, 0.6) is 0 Å². The van der Waals surface area contributed by atoms with Crippen molar-refractivity contribution in [2.45, 2.75) is 18.8 Å². The van der Waals surface area contributed by atoms with Crippen molar-refractivity contribution in [2.24, 2.45) is 0 Å². The van der Waals surface area contributed by atoms with Crippen LogP contribution in [0, 0.1) is 5.82 Å². The summed E-state index contributed by atoms with van der Waals surface area (Å²) >= 11 is 0. The van der Waals surface area contributed by atoms with Gasteiger partial charge in [-0.2, -0.15) is 4.98 Å². The van der Waals surface area contributed by atoms with Gasteiger partial charge in [-0.25, -0.2) is 9.07 Å². The minimum absolute atomic E-state index is 0.0933. The van der Waals surface area contributed by atoms with Gasteiger partial charge in [-0.1, -0.05) is 12.1 Å². The molecular weight excluding hydrogens is 275 g/mol. The summed E-state index contributed by atoms with van der Waals surface area (Å²) in [5.41, 5.74) is 0.381. The van der Waals surface area contributed by atoms with Gasteiger partial charge in [-0.05, 0) is 18.6 Å². The Bertz CT molecular complexity index is 627. The van der Waals surface area contributed by atoms with Crippen molar-refractivity contribution >= 4 is 5.95 Å². The molecule has 0 saturated carbocycles. The van der Waals surface area contributed by atoms with Gasteiger partial charge >= 0.3 is 0 Å². The Morgan fingerprint density at radius 1 is 1.33 bits per heavy atom. The summed E-state index contributed by atoms with van der Waals surface area (Å²) in [5, 5.41) is 7.58. The zero-order valence-electron chi connectivity index (χ0n) is 11.9. The fraction of sp³-hybridized carbons (Fsp3) is 0.429. The third-order valence-corrected chi connectivity index (χ3v) is 3.56. The van der Waals surface area contributed by atoms with Crippen molar-refractivity contribution in [2.75, 3.05) is 26.1 Å². The number of hydrogen-bond acceptors (Lipinski definition) is 5. The van der Waals surface area contributed by atoms with Gasteiger partial charge in [0.15, 0.2) is 12.1 Å². The number of methoxy groups -OCH3 is 2. The Morgan fingerprint density at radius 2 is 2.10 bits per heavy atom. The molecule has 6 nitrogen and oxygen atoms in total. The minimum atomic E-state index is -0.416. The Labute approximate surface area is 121 Å². The minimum Gasteiger partial charge on any atom is -0.354 e. The molecule has 0 amide bonds. The van der Waals surface area contributed by atoms with Crippen LogP contribution in [0.4, 0.5) is 10.3 Å². The number of ether oxygens (including phenoxy) is 2. The first-order chi connectivity index (χ1) is 10.2. The number of benzene rings is 1. The van der Waals surface area contributed by atoms with Crippen molar-refractivity contribution in [1.82, 2.24) is 14.8 Å². The lowest BCUT2D eigenvalue weighted by molar-refractivity contribution is -0.135. The maximum Gasteiger partial charge on any atom is 0.222 e. The van der Waals surface area contributed by atoms with E-state index in [9.17, 15) is 4.39 Å². The van der Waals surface area contributed by atoms with E-state index in [1.165, 1.54) is 6.07 Å². The molecule has 0 fully saturated rings. The molecule has 1 atom stereocenters. The van der Waals surface area contributed by atoms with Gasteiger partial charge in [-0.3, -0.25) is 0 Å². The highest BCUT2D eigenvalue weighted by Crippen LogP contribution is 2.29. The normalized spacial score (nSPS) is 17.6. The van der Waals surface area contributed by atoms with E-state index in [0.29, 0.717) is 17.3 Å². The molecule has 2 aromatic rings. The average Bonchev–Trinajstić information content (AvgIpc) is 2.93. The summed E-state index contributed by atoms with van der Waals surface area (Å²) in [6, 6.07) is 6.37. The molecule has 0 radical (unpaired) electrons. The van der Waals surface area contributed by atoms with Gasteiger partial charge in [0.2, 0.25) is 5.95 Å². The lowest BCUT2D eigenvalue weighted by Gasteiger charge is -2.29. The second-order valence-electron chi connectivity index (χ2n) is 4.81. The maximum atomic E-state index is 13.9. The van der Waals surface area contributed by atoms with Crippen LogP contribution in [0.2, 0.25) is 0 Å². The third-order valence-electron chi connectivity index (χ3n) is 3.56. The van der Waals surface area contributed by atoms with E-state index in [-0.39, 0.29) is 11.9 Å². The zero-order chi connectivity index (χ0) is 14.8. The summed E-state index contributed by atoms with van der Waals surface area (Å²) < 4.78 is 26.2. The summed E-state index contributed by atoms with van der Waals surface area (Å²) in [7, 11) is 3.18. The molecule has 112 valence electrons. The van der Waals surface area contributed by atoms with Crippen LogP contribution in [-0.2, 0) is 9.47 Å². The van der Waals surface area contributed by atoms with E-state index in [1.54, 1.807) is 37.1 Å². The number of rotatable bonds is 4. The predicted octanol–water partition coefficient (Wildman–Crippen LogP) is 2.06. The van der Waals surface area contributed by atoms with Crippen molar-refractivity contribution in [3.05, 3.63) is 30.1 Å². The molecule has 1 unspecified atom stereocenters. The standard InChI is InChI=1S/C14H17FN4O2/c1-20-13(21-2)11-7-8-16-14-17-12(18-19(11)14)9-5-3-4-6-10(9)15/h3-6,11,13H,7-8H2,1-2H3,(H,16,17,18). The Kier molecular flexibility index (Phi) is 3.85. The second-order valence-corrected chi connectivity index (χ2v) is 4.81. The molecule has 1 N–H and O–H groups in total. The highest BCUT2D eigenvalue weighted by atomic mass is 19.1. The number of nitrogens with zero attached hydrogens (tertiary/aromatic N) is 3. The van der Waals surface area contributed by atoms with E-state index in [1.807, 2.05) is 0 Å². The van der Waals surface area contributed by atoms with Crippen LogP contribution >= 0.6 is 0 Å². The Morgan fingerprint density at radius 3 is 2.81 bits per heavy atom. The van der Waals surface area contributed by atoms with E-state index < -0.39 is 6.29 Å². The molecule has 7 heteroatoms. The van der Waals surface area contributed by atoms with E-state index in [2.05, 4.69) is 15.4 Å². The highest BCUT2D eigenvalue weighted by molar-refractivity contribution is 5.57. The lowest BCUT2D eigenvalue weighted by atomic mass is 10.2. The molecule has 3 rings (SSSR count). The Balaban J connectivity index is 2.00. The number of halogens is 1. The largest absolute Gasteiger partial charge is 0.354 e. The maximum absolute atomic E-state index is 13.9. The summed E-state index contributed by atoms with van der Waals surface area (Å²) in [4.78, 5) is 4.37. The summed E-state index contributed by atoms with van der Waals surface area (Å²) in [5.74, 6) is 0.615. The predicted molar refractivity (Wildman–Crippen MR) is 75.4 cm³/mol. The molecule has 1 aliphatic heterocycles. The average molecular weight is 292 g/mol. The van der Waals surface area contributed by atoms with Crippen molar-refractivity contribution < 1.29 is 13.9 Å². The molecule has 0 saturated heterocycles. The topological polar surface area (TPSA) is 61.2 Å². The summed E-state index contributed by atoms with van der Waals surface area (Å²) in [6.45, 7) is 0.739. The molecular formula is C14H17FN4O2. The van der Waals surface area contributed by atoms with Crippen LogP contribution < -0.4 is 5.32 Å². The van der Waals surface area contributed by atoms with Gasteiger partial charge < -0.3 is 14.8 Å². The first kappa shape index (κ1) is 14.0. The van der Waals surface area contributed by atoms with Crippen LogP contribution in [0.15, 0.2) is 24.3 Å². The number of nitrogens with one attached hydrogen (secondary N) is 1. The van der Waals surface area contributed by atoms with Crippen LogP contribution in [0.25, 0.3) is 11.4 Å². The van der Waals surface area contributed by atoms with E-state index >= 15 is 0 Å². The molecule has 1 aliphatic rings. The van der Waals surface area contributed by atoms with Gasteiger partial charge in [0.1, 0.15) is 11.9 Å². The molecule has 2 heterocycles. The smallest absolute Gasteiger partial charge is 0.222 e. The van der Waals surface area contributed by atoms with Crippen molar-refractivity contribution in [3.63, 3.8) is 0 Å². The first-order valence-corrected chi connectivity index (χ1v) is 6.75. The van der Waals surface area contributed by atoms with Crippen LogP contribution in [0.1, 0.15) is 12.5 Å². The Hall–Kier alpha value is -1.99. The fourth-order valence-corrected chi connectivity index (χ4v) is 2.55. The SMILES string of the molecule is COC(OC)C1CCNc2nc(-c3ccccc3F)nn21. The number of fused-ring (bicyclic) bond motifs is 1. The number of anilines is 1. The molecule has 1 aromatic heterocycles. The molecule has 1 aromatic carbocycles. The molecule has 0 spiro atoms. The molecule has 0 aliphatic carbocycles. The fourth-order valence-electron chi connectivity index (χ4n) is 2.55. The highest BCUT2D eigenvalue weighted by Gasteiger charge is 2.30. The van der Waals surface area contributed by atoms with Crippen molar-refractivity contribution in [1.29, 1.82) is 0 Å². The van der Waals surface area contributed by atoms with Gasteiger partial charge in [0.05, 0.1) is 5.56 Å². The zero-order valence-corrected chi connectivity index (χ0v) is 11.9. The van der Waals surface area contributed by atoms with Gasteiger partial charge in [-0.15, -0.1) is 5.10 Å². The summed E-state index contributed by atoms with van der Waals surface area (Å²) in [6.07, 6.45) is 0.375. The van der Waals surface area contributed by atoms with Crippen LogP contribution in [-0.4, -0.2) is 41.8 Å². The molecule has 0 bridgehead atoms. The second kappa shape index (κ2) is 5.79. The monoisotopic (exact) mass is 292 g/mol. The number of aromatic nitrogens is 3. The lowest BCUT2D eigenvalue weighted by Crippen LogP contribution is -2.34.